The molecule has 3 heterocycles. The summed E-state index contributed by atoms with van der Waals surface area (Å²) >= 11 is 1.34. The number of nitrogens with two attached hydrogens (primary N) is 1. The number of hydrogen-bond donors (Lipinski definition) is 1. The number of carbonyl (C=O) groups is 1. The lowest BCUT2D eigenvalue weighted by Gasteiger charge is -2.03. The molecule has 0 spiro atoms. The second kappa shape index (κ2) is 8.21. The van der Waals surface area contributed by atoms with Crippen LogP contribution in [0, 0.1) is 0 Å². The van der Waals surface area contributed by atoms with E-state index >= 15 is 0 Å². The van der Waals surface area contributed by atoms with Gasteiger partial charge in [0.1, 0.15) is 4.83 Å². The van der Waals surface area contributed by atoms with Crippen molar-refractivity contribution in [3.8, 4) is 11.3 Å². The van der Waals surface area contributed by atoms with Crippen molar-refractivity contribution in [3.63, 3.8) is 0 Å². The van der Waals surface area contributed by atoms with Crippen molar-refractivity contribution in [3.05, 3.63) is 59.3 Å². The minimum atomic E-state index is -0.419. The number of aromatic nitrogens is 2. The first-order valence-electron chi connectivity index (χ1n) is 8.45. The van der Waals surface area contributed by atoms with E-state index in [1.54, 1.807) is 12.4 Å². The van der Waals surface area contributed by atoms with Crippen LogP contribution >= 0.6 is 11.3 Å². The minimum Gasteiger partial charge on any atom is -0.375 e. The maximum atomic E-state index is 11.9. The first-order chi connectivity index (χ1) is 12.6. The summed E-state index contributed by atoms with van der Waals surface area (Å²) in [5.74, 6) is -0.419. The molecule has 0 bridgehead atoms. The predicted octanol–water partition coefficient (Wildman–Crippen LogP) is 3.98. The Labute approximate surface area is 156 Å². The lowest BCUT2D eigenvalue weighted by Crippen LogP contribution is -2.10. The summed E-state index contributed by atoms with van der Waals surface area (Å²) < 4.78 is 5.50. The van der Waals surface area contributed by atoms with E-state index < -0.39 is 5.91 Å². The molecule has 0 fully saturated rings. The lowest BCUT2D eigenvalue weighted by molar-refractivity contribution is 0.100. The summed E-state index contributed by atoms with van der Waals surface area (Å²) in [7, 11) is 0. The third-order valence-electron chi connectivity index (χ3n) is 3.85. The molecule has 0 saturated heterocycles. The van der Waals surface area contributed by atoms with Crippen LogP contribution in [-0.4, -0.2) is 28.6 Å². The molecule has 2 N–H and O–H groups in total. The van der Waals surface area contributed by atoms with Crippen LogP contribution < -0.4 is 5.73 Å². The van der Waals surface area contributed by atoms with E-state index in [1.807, 2.05) is 50.3 Å². The van der Waals surface area contributed by atoms with Gasteiger partial charge < -0.3 is 10.5 Å². The smallest absolute Gasteiger partial charge is 0.259 e. The van der Waals surface area contributed by atoms with Crippen molar-refractivity contribution in [2.24, 2.45) is 5.73 Å². The SMILES string of the molecule is CC(C)OC/C=C\Cc1c(C(N)=O)sc2nc(-c3cccnc3)ccc12. The van der Waals surface area contributed by atoms with Crippen molar-refractivity contribution in [2.45, 2.75) is 26.4 Å². The summed E-state index contributed by atoms with van der Waals surface area (Å²) in [5.41, 5.74) is 8.27. The fraction of sp³-hybridized carbons (Fsp3) is 0.250. The Morgan fingerprint density at radius 2 is 2.15 bits per heavy atom. The molecule has 134 valence electrons. The summed E-state index contributed by atoms with van der Waals surface area (Å²) in [6, 6.07) is 7.79. The molecule has 0 aromatic carbocycles. The first-order valence-corrected chi connectivity index (χ1v) is 9.27. The molecular weight excluding hydrogens is 346 g/mol. The largest absolute Gasteiger partial charge is 0.375 e. The Balaban J connectivity index is 1.91. The molecule has 0 atom stereocenters. The zero-order valence-corrected chi connectivity index (χ0v) is 15.6. The topological polar surface area (TPSA) is 78.1 Å². The van der Waals surface area contributed by atoms with Gasteiger partial charge in [0.15, 0.2) is 0 Å². The van der Waals surface area contributed by atoms with Crippen molar-refractivity contribution < 1.29 is 9.53 Å². The molecule has 0 unspecified atom stereocenters. The van der Waals surface area contributed by atoms with E-state index in [0.717, 1.165) is 27.0 Å². The van der Waals surface area contributed by atoms with Crippen LogP contribution in [0.3, 0.4) is 0 Å². The van der Waals surface area contributed by atoms with Gasteiger partial charge in [0.25, 0.3) is 5.91 Å². The fourth-order valence-corrected chi connectivity index (χ4v) is 3.68. The van der Waals surface area contributed by atoms with Crippen LogP contribution in [0.2, 0.25) is 0 Å². The number of hydrogen-bond acceptors (Lipinski definition) is 5. The van der Waals surface area contributed by atoms with Gasteiger partial charge in [-0.3, -0.25) is 9.78 Å². The van der Waals surface area contributed by atoms with Crippen LogP contribution in [0.4, 0.5) is 0 Å². The highest BCUT2D eigenvalue weighted by molar-refractivity contribution is 7.20. The van der Waals surface area contributed by atoms with Crippen LogP contribution in [0.25, 0.3) is 21.5 Å². The van der Waals surface area contributed by atoms with Gasteiger partial charge in [-0.2, -0.15) is 0 Å². The number of carbonyl (C=O) groups excluding carboxylic acids is 1. The maximum Gasteiger partial charge on any atom is 0.259 e. The number of pyridine rings is 2. The van der Waals surface area contributed by atoms with E-state index in [4.69, 9.17) is 15.5 Å². The van der Waals surface area contributed by atoms with Gasteiger partial charge in [-0.1, -0.05) is 12.2 Å². The molecule has 1 amide bonds. The van der Waals surface area contributed by atoms with Crippen LogP contribution in [0.5, 0.6) is 0 Å². The van der Waals surface area contributed by atoms with E-state index in [-0.39, 0.29) is 6.10 Å². The van der Waals surface area contributed by atoms with Gasteiger partial charge in [0.2, 0.25) is 0 Å². The van der Waals surface area contributed by atoms with Gasteiger partial charge in [-0.15, -0.1) is 11.3 Å². The maximum absolute atomic E-state index is 11.9. The average Bonchev–Trinajstić information content (AvgIpc) is 3.00. The van der Waals surface area contributed by atoms with Crippen molar-refractivity contribution in [1.29, 1.82) is 0 Å². The highest BCUT2D eigenvalue weighted by Crippen LogP contribution is 2.32. The van der Waals surface area contributed by atoms with Crippen LogP contribution in [-0.2, 0) is 11.2 Å². The summed E-state index contributed by atoms with van der Waals surface area (Å²) in [5, 5.41) is 0.964. The Morgan fingerprint density at radius 3 is 2.85 bits per heavy atom. The summed E-state index contributed by atoms with van der Waals surface area (Å²) in [6.07, 6.45) is 8.28. The van der Waals surface area contributed by atoms with Gasteiger partial charge in [0, 0.05) is 23.3 Å². The highest BCUT2D eigenvalue weighted by Gasteiger charge is 2.17. The first kappa shape index (κ1) is 18.2. The number of fused-ring (bicyclic) bond motifs is 1. The van der Waals surface area contributed by atoms with Crippen LogP contribution in [0.1, 0.15) is 29.1 Å². The van der Waals surface area contributed by atoms with Gasteiger partial charge in [-0.25, -0.2) is 4.98 Å². The molecule has 26 heavy (non-hydrogen) atoms. The molecule has 0 saturated carbocycles. The highest BCUT2D eigenvalue weighted by atomic mass is 32.1. The fourth-order valence-electron chi connectivity index (χ4n) is 2.62. The molecule has 3 aromatic heterocycles. The number of amides is 1. The van der Waals surface area contributed by atoms with E-state index in [2.05, 4.69) is 4.98 Å². The average molecular weight is 367 g/mol. The van der Waals surface area contributed by atoms with E-state index in [0.29, 0.717) is 17.9 Å². The Kier molecular flexibility index (Phi) is 5.75. The number of rotatable bonds is 7. The number of nitrogens with zero attached hydrogens (tertiary/aromatic N) is 2. The molecule has 0 aliphatic carbocycles. The van der Waals surface area contributed by atoms with Crippen LogP contribution in [0.15, 0.2) is 48.8 Å². The molecule has 3 aromatic rings. The Hall–Kier alpha value is -2.57. The minimum absolute atomic E-state index is 0.193. The molecule has 5 nitrogen and oxygen atoms in total. The van der Waals surface area contributed by atoms with Crippen molar-refractivity contribution >= 4 is 27.5 Å². The number of primary amides is 1. The summed E-state index contributed by atoms with van der Waals surface area (Å²) in [6.45, 7) is 4.54. The molecule has 6 heteroatoms. The van der Waals surface area contributed by atoms with E-state index in [1.165, 1.54) is 11.3 Å². The Bertz CT molecular complexity index is 933. The number of thiophene rings is 1. The second-order valence-electron chi connectivity index (χ2n) is 6.12. The van der Waals surface area contributed by atoms with Crippen molar-refractivity contribution in [2.75, 3.05) is 6.61 Å². The third kappa shape index (κ3) is 4.15. The number of allylic oxidation sites excluding steroid dienone is 1. The molecule has 0 aliphatic heterocycles. The zero-order chi connectivity index (χ0) is 18.5. The predicted molar refractivity (Wildman–Crippen MR) is 105 cm³/mol. The van der Waals surface area contributed by atoms with Gasteiger partial charge in [-0.05, 0) is 50.1 Å². The van der Waals surface area contributed by atoms with Crippen molar-refractivity contribution in [1.82, 2.24) is 9.97 Å². The Morgan fingerprint density at radius 1 is 1.31 bits per heavy atom. The van der Waals surface area contributed by atoms with Gasteiger partial charge >= 0.3 is 0 Å². The molecule has 0 radical (unpaired) electrons. The second-order valence-corrected chi connectivity index (χ2v) is 7.12. The van der Waals surface area contributed by atoms with Gasteiger partial charge in [0.05, 0.1) is 23.3 Å². The lowest BCUT2D eigenvalue weighted by atomic mass is 10.1. The summed E-state index contributed by atoms with van der Waals surface area (Å²) in [4.78, 5) is 22.1. The quantitative estimate of drug-likeness (QED) is 0.641. The number of ether oxygens (including phenoxy) is 1. The molecule has 3 rings (SSSR count). The monoisotopic (exact) mass is 367 g/mol. The standard InChI is InChI=1S/C20H21N3O2S/c1-13(2)25-11-4-3-7-15-16-8-9-17(14-6-5-10-22-12-14)23-20(16)26-18(15)19(21)24/h3-6,8-10,12-13H,7,11H2,1-2H3,(H2,21,24)/b4-3-. The molecule has 0 aliphatic rings. The zero-order valence-electron chi connectivity index (χ0n) is 14.8. The normalized spacial score (nSPS) is 11.7. The molecular formula is C20H21N3O2S. The van der Waals surface area contributed by atoms with E-state index in [9.17, 15) is 4.79 Å². The third-order valence-corrected chi connectivity index (χ3v) is 5.01.